The van der Waals surface area contributed by atoms with E-state index >= 15 is 0 Å². The van der Waals surface area contributed by atoms with Crippen LogP contribution < -0.4 is 5.32 Å². The largest absolute Gasteiger partial charge is 0.431 e. The van der Waals surface area contributed by atoms with Gasteiger partial charge >= 0.3 is 12.2 Å². The molecule has 1 aliphatic carbocycles. The number of hydrogen-bond acceptors (Lipinski definition) is 2. The van der Waals surface area contributed by atoms with Gasteiger partial charge in [0.15, 0.2) is 0 Å². The van der Waals surface area contributed by atoms with E-state index in [0.29, 0.717) is 42.5 Å². The molecule has 3 unspecified atom stereocenters. The third kappa shape index (κ3) is 3.37. The van der Waals surface area contributed by atoms with Gasteiger partial charge in [0.1, 0.15) is 5.69 Å². The van der Waals surface area contributed by atoms with Crippen molar-refractivity contribution in [1.29, 1.82) is 0 Å². The summed E-state index contributed by atoms with van der Waals surface area (Å²) in [7, 11) is 1.94. The molecule has 5 nitrogen and oxygen atoms in total. The molecule has 4 rings (SSSR count). The number of amides is 2. The average molecular weight is 408 g/mol. The SMILES string of the molecule is CCN(CC)C(=O)NC1CC2c3cccc4[nH]c(C(F)(F)F)c(c34)CC2N(C)C1. The van der Waals surface area contributed by atoms with Crippen molar-refractivity contribution in [2.45, 2.75) is 50.9 Å². The van der Waals surface area contributed by atoms with E-state index in [9.17, 15) is 18.0 Å². The Morgan fingerprint density at radius 1 is 1.31 bits per heavy atom. The lowest BCUT2D eigenvalue weighted by atomic mass is 9.73. The molecule has 3 atom stereocenters. The van der Waals surface area contributed by atoms with Crippen molar-refractivity contribution in [3.8, 4) is 0 Å². The number of hydrogen-bond donors (Lipinski definition) is 2. The van der Waals surface area contributed by atoms with Crippen molar-refractivity contribution in [2.75, 3.05) is 26.7 Å². The van der Waals surface area contributed by atoms with Crippen LogP contribution in [0.4, 0.5) is 18.0 Å². The Morgan fingerprint density at radius 3 is 2.69 bits per heavy atom. The van der Waals surface area contributed by atoms with Crippen LogP contribution in [-0.2, 0) is 12.6 Å². The summed E-state index contributed by atoms with van der Waals surface area (Å²) in [4.78, 5) is 19.0. The molecule has 0 spiro atoms. The van der Waals surface area contributed by atoms with Gasteiger partial charge in [0.05, 0.1) is 0 Å². The summed E-state index contributed by atoms with van der Waals surface area (Å²) in [5, 5.41) is 3.84. The van der Waals surface area contributed by atoms with Crippen molar-refractivity contribution in [3.63, 3.8) is 0 Å². The molecule has 2 amide bonds. The van der Waals surface area contributed by atoms with Crippen molar-refractivity contribution in [2.24, 2.45) is 0 Å². The van der Waals surface area contributed by atoms with Crippen molar-refractivity contribution < 1.29 is 18.0 Å². The van der Waals surface area contributed by atoms with Crippen LogP contribution in [0.2, 0.25) is 0 Å². The van der Waals surface area contributed by atoms with Crippen LogP contribution in [0.3, 0.4) is 0 Å². The summed E-state index contributed by atoms with van der Waals surface area (Å²) in [5.41, 5.74) is 1.25. The van der Waals surface area contributed by atoms with E-state index in [4.69, 9.17) is 0 Å². The number of H-pyrrole nitrogens is 1. The highest BCUT2D eigenvalue weighted by Gasteiger charge is 2.44. The molecule has 158 valence electrons. The maximum atomic E-state index is 13.6. The fourth-order valence-corrected chi connectivity index (χ4v) is 5.15. The van der Waals surface area contributed by atoms with Gasteiger partial charge in [0.2, 0.25) is 0 Å². The number of urea groups is 1. The van der Waals surface area contributed by atoms with Gasteiger partial charge in [-0.05, 0) is 50.9 Å². The first-order chi connectivity index (χ1) is 13.7. The highest BCUT2D eigenvalue weighted by Crippen LogP contribution is 2.47. The van der Waals surface area contributed by atoms with Crippen LogP contribution in [-0.4, -0.2) is 59.6 Å². The maximum Gasteiger partial charge on any atom is 0.431 e. The Bertz CT molecular complexity index is 919. The van der Waals surface area contributed by atoms with Gasteiger partial charge in [-0.1, -0.05) is 12.1 Å². The topological polar surface area (TPSA) is 51.4 Å². The molecule has 1 saturated heterocycles. The number of nitrogens with zero attached hydrogens (tertiary/aromatic N) is 2. The number of aromatic amines is 1. The molecular weight excluding hydrogens is 381 g/mol. The summed E-state index contributed by atoms with van der Waals surface area (Å²) >= 11 is 0. The molecule has 0 saturated carbocycles. The van der Waals surface area contributed by atoms with E-state index in [1.165, 1.54) is 0 Å². The van der Waals surface area contributed by atoms with Gasteiger partial charge in [-0.3, -0.25) is 0 Å². The molecular formula is C21H27F3N4O. The van der Waals surface area contributed by atoms with Crippen LogP contribution in [0.15, 0.2) is 18.2 Å². The number of nitrogens with one attached hydrogen (secondary N) is 2. The second kappa shape index (κ2) is 7.23. The van der Waals surface area contributed by atoms with Crippen LogP contribution >= 0.6 is 0 Å². The summed E-state index contributed by atoms with van der Waals surface area (Å²) < 4.78 is 40.8. The second-order valence-electron chi connectivity index (χ2n) is 8.12. The van der Waals surface area contributed by atoms with Crippen LogP contribution in [0.25, 0.3) is 10.9 Å². The zero-order valence-corrected chi connectivity index (χ0v) is 16.9. The summed E-state index contributed by atoms with van der Waals surface area (Å²) in [6.45, 7) is 5.80. The van der Waals surface area contributed by atoms with E-state index in [1.54, 1.807) is 11.0 Å². The standard InChI is InChI=1S/C21H27F3N4O/c1-4-28(5-2)20(29)25-12-9-14-13-7-6-8-16-18(13)15(10-17(14)27(3)11-12)19(26-16)21(22,23)24/h6-8,12,14,17,26H,4-5,9-11H2,1-3H3,(H,25,29). The smallest absolute Gasteiger partial charge is 0.351 e. The van der Waals surface area contributed by atoms with Crippen LogP contribution in [0.1, 0.15) is 43.0 Å². The number of rotatable bonds is 3. The molecule has 2 aromatic rings. The molecule has 1 aliphatic heterocycles. The van der Waals surface area contributed by atoms with Gasteiger partial charge in [0, 0.05) is 48.5 Å². The molecule has 2 aliphatic rings. The molecule has 1 fully saturated rings. The molecule has 1 aromatic carbocycles. The molecule has 8 heteroatoms. The lowest BCUT2D eigenvalue weighted by Gasteiger charge is -2.46. The molecule has 2 heterocycles. The Morgan fingerprint density at radius 2 is 2.03 bits per heavy atom. The van der Waals surface area contributed by atoms with E-state index in [0.717, 1.165) is 12.0 Å². The summed E-state index contributed by atoms with van der Waals surface area (Å²) in [6, 6.07) is 5.35. The molecule has 0 bridgehead atoms. The third-order valence-electron chi connectivity index (χ3n) is 6.51. The van der Waals surface area contributed by atoms with Crippen molar-refractivity contribution in [1.82, 2.24) is 20.1 Å². The van der Waals surface area contributed by atoms with Crippen molar-refractivity contribution in [3.05, 3.63) is 35.0 Å². The highest BCUT2D eigenvalue weighted by molar-refractivity contribution is 5.90. The minimum atomic E-state index is -4.40. The number of fused-ring (bicyclic) bond motifs is 2. The second-order valence-corrected chi connectivity index (χ2v) is 8.12. The first kappa shape index (κ1) is 20.1. The molecule has 1 aromatic heterocycles. The Balaban J connectivity index is 1.68. The number of halogens is 3. The Kier molecular flexibility index (Phi) is 5.01. The quantitative estimate of drug-likeness (QED) is 0.808. The van der Waals surface area contributed by atoms with Gasteiger partial charge in [-0.15, -0.1) is 0 Å². The van der Waals surface area contributed by atoms with E-state index in [-0.39, 0.29) is 24.0 Å². The lowest BCUT2D eigenvalue weighted by molar-refractivity contribution is -0.141. The third-order valence-corrected chi connectivity index (χ3v) is 6.51. The Labute approximate surface area is 168 Å². The van der Waals surface area contributed by atoms with Crippen molar-refractivity contribution >= 4 is 16.9 Å². The van der Waals surface area contributed by atoms with Gasteiger partial charge < -0.3 is 20.1 Å². The first-order valence-corrected chi connectivity index (χ1v) is 10.2. The van der Waals surface area contributed by atoms with Crippen LogP contribution in [0, 0.1) is 0 Å². The number of alkyl halides is 3. The fourth-order valence-electron chi connectivity index (χ4n) is 5.15. The fraction of sp³-hybridized carbons (Fsp3) is 0.571. The van der Waals surface area contributed by atoms with E-state index in [1.807, 2.05) is 33.0 Å². The maximum absolute atomic E-state index is 13.6. The zero-order valence-electron chi connectivity index (χ0n) is 16.9. The predicted molar refractivity (Wildman–Crippen MR) is 106 cm³/mol. The lowest BCUT2D eigenvalue weighted by Crippen LogP contribution is -2.56. The van der Waals surface area contributed by atoms with E-state index < -0.39 is 11.9 Å². The predicted octanol–water partition coefficient (Wildman–Crippen LogP) is 3.95. The zero-order chi connectivity index (χ0) is 20.9. The summed E-state index contributed by atoms with van der Waals surface area (Å²) in [5.74, 6) is 0.0869. The number of likely N-dealkylation sites (N-methyl/N-ethyl adjacent to an activating group) is 1. The normalized spacial score (nSPS) is 24.4. The average Bonchev–Trinajstić information content (AvgIpc) is 3.04. The highest BCUT2D eigenvalue weighted by atomic mass is 19.4. The number of likely N-dealkylation sites (tertiary alicyclic amines) is 1. The minimum Gasteiger partial charge on any atom is -0.351 e. The minimum absolute atomic E-state index is 0.00777. The van der Waals surface area contributed by atoms with E-state index in [2.05, 4.69) is 15.2 Å². The molecule has 2 N–H and O–H groups in total. The molecule has 29 heavy (non-hydrogen) atoms. The number of carbonyl (C=O) groups is 1. The number of piperidine rings is 1. The Hall–Kier alpha value is -2.22. The van der Waals surface area contributed by atoms with Gasteiger partial charge in [-0.25, -0.2) is 4.79 Å². The number of benzene rings is 1. The monoisotopic (exact) mass is 408 g/mol. The number of carbonyl (C=O) groups excluding carboxylic acids is 1. The first-order valence-electron chi connectivity index (χ1n) is 10.2. The summed E-state index contributed by atoms with van der Waals surface area (Å²) in [6.07, 6.45) is -3.30. The van der Waals surface area contributed by atoms with Gasteiger partial charge in [0.25, 0.3) is 0 Å². The molecule has 0 radical (unpaired) electrons. The van der Waals surface area contributed by atoms with Gasteiger partial charge in [-0.2, -0.15) is 13.2 Å². The van der Waals surface area contributed by atoms with Crippen LogP contribution in [0.5, 0.6) is 0 Å². The number of aromatic nitrogens is 1.